The van der Waals surface area contributed by atoms with Gasteiger partial charge in [-0.3, -0.25) is 4.55 Å². The number of hydrogen-bond acceptors (Lipinski definition) is 4. The van der Waals surface area contributed by atoms with Crippen molar-refractivity contribution < 1.29 is 13.0 Å². The number of benzene rings is 4. The molecule has 1 N–H and O–H groups in total. The van der Waals surface area contributed by atoms with Crippen molar-refractivity contribution in [2.24, 2.45) is 0 Å². The number of rotatable bonds is 17. The largest absolute Gasteiger partial charge is 0.342 e. The van der Waals surface area contributed by atoms with Crippen LogP contribution < -0.4 is 15.3 Å². The van der Waals surface area contributed by atoms with Crippen LogP contribution in [0.5, 0.6) is 0 Å². The molecule has 0 radical (unpaired) electrons. The highest BCUT2D eigenvalue weighted by Gasteiger charge is 2.25. The molecule has 0 fully saturated rings. The van der Waals surface area contributed by atoms with Crippen LogP contribution >= 0.6 is 15.9 Å². The predicted octanol–water partition coefficient (Wildman–Crippen LogP) is 9.16. The predicted molar refractivity (Wildman–Crippen MR) is 210 cm³/mol. The number of halogens is 1. The second-order valence-corrected chi connectivity index (χ2v) is 14.1. The lowest BCUT2D eigenvalue weighted by Crippen LogP contribution is -2.23. The molecule has 0 saturated heterocycles. The van der Waals surface area contributed by atoms with Crippen LogP contribution in [0.4, 0.5) is 17.1 Å². The molecule has 4 aromatic rings. The first-order chi connectivity index (χ1) is 23.2. The van der Waals surface area contributed by atoms with Gasteiger partial charge < -0.3 is 9.80 Å². The number of alkyl halides is 1. The molecule has 0 amide bonds. The zero-order valence-corrected chi connectivity index (χ0v) is 31.1. The van der Waals surface area contributed by atoms with Gasteiger partial charge in [0.1, 0.15) is 7.85 Å². The van der Waals surface area contributed by atoms with Gasteiger partial charge in [-0.15, -0.1) is 0 Å². The molecule has 0 aliphatic carbocycles. The van der Waals surface area contributed by atoms with Crippen molar-refractivity contribution in [3.8, 4) is 0 Å². The molecule has 4 rings (SSSR count). The Balaban J connectivity index is 1.81. The molecule has 1 atom stereocenters. The molecule has 4 aromatic carbocycles. The Kier molecular flexibility index (Phi) is 14.2. The average Bonchev–Trinajstić information content (AvgIpc) is 3.09. The number of anilines is 3. The van der Waals surface area contributed by atoms with E-state index in [0.717, 1.165) is 84.4 Å². The maximum absolute atomic E-state index is 12.6. The number of nitrogens with zero attached hydrogens (tertiary/aromatic N) is 2. The Hall–Kier alpha value is -3.59. The Morgan fingerprint density at radius 3 is 1.88 bits per heavy atom. The Bertz CT molecular complexity index is 1760. The molecule has 0 saturated carbocycles. The average molecular weight is 728 g/mol. The van der Waals surface area contributed by atoms with Crippen molar-refractivity contribution in [3.63, 3.8) is 0 Å². The molecule has 0 bridgehead atoms. The third-order valence-electron chi connectivity index (χ3n) is 8.50. The van der Waals surface area contributed by atoms with Crippen LogP contribution in [0.2, 0.25) is 0 Å². The highest BCUT2D eigenvalue weighted by molar-refractivity contribution is 9.09. The van der Waals surface area contributed by atoms with Gasteiger partial charge in [-0.2, -0.15) is 8.42 Å². The summed E-state index contributed by atoms with van der Waals surface area (Å²) in [6.45, 7) is 8.33. The van der Waals surface area contributed by atoms with Gasteiger partial charge in [0.05, 0.1) is 4.90 Å². The number of hydrogen-bond donors (Lipinski definition) is 1. The Morgan fingerprint density at radius 2 is 1.33 bits per heavy atom. The van der Waals surface area contributed by atoms with Crippen molar-refractivity contribution >= 4 is 56.4 Å². The van der Waals surface area contributed by atoms with E-state index in [1.54, 1.807) is 12.1 Å². The van der Waals surface area contributed by atoms with E-state index in [1.165, 1.54) is 11.5 Å². The van der Waals surface area contributed by atoms with Gasteiger partial charge in [-0.05, 0) is 84.5 Å². The summed E-state index contributed by atoms with van der Waals surface area (Å²) < 4.78 is 35.6. The Morgan fingerprint density at radius 1 is 0.792 bits per heavy atom. The zero-order chi connectivity index (χ0) is 34.5. The quantitative estimate of drug-likeness (QED) is 0.0387. The molecule has 252 valence electrons. The number of unbranched alkanes of at least 4 members (excludes halogenated alkanes) is 2. The standard InChI is InChI=1S/C40H48BBrN2O3S/c1-4-7-29-43(34(12-6-3)13-11-28-42)35-22-16-31(17-23-35)40(38-14-9-10-15-39(38)48(45,46)47)32-18-24-36(25-19-32)44(30-8-5-2)37-26-20-33(41)21-27-37/h9-27,40H,4-8,28-30,41H2,1-3H3,(H,45,46,47)/b13-11-,34-12+. The van der Waals surface area contributed by atoms with Gasteiger partial charge in [0, 0.05) is 47.1 Å². The van der Waals surface area contributed by atoms with Gasteiger partial charge >= 0.3 is 0 Å². The third-order valence-corrected chi connectivity index (χ3v) is 9.80. The van der Waals surface area contributed by atoms with Crippen LogP contribution in [0.25, 0.3) is 0 Å². The summed E-state index contributed by atoms with van der Waals surface area (Å²) in [5, 5.41) is 0.781. The molecule has 8 heteroatoms. The van der Waals surface area contributed by atoms with Gasteiger partial charge in [0.2, 0.25) is 0 Å². The normalized spacial score (nSPS) is 12.7. The summed E-state index contributed by atoms with van der Waals surface area (Å²) >= 11 is 3.52. The third kappa shape index (κ3) is 9.74. The fraction of sp³-hybridized carbons (Fsp3) is 0.300. The molecule has 1 unspecified atom stereocenters. The lowest BCUT2D eigenvalue weighted by atomic mass is 9.85. The van der Waals surface area contributed by atoms with Gasteiger partial charge in [-0.25, -0.2) is 0 Å². The van der Waals surface area contributed by atoms with Crippen LogP contribution in [0.3, 0.4) is 0 Å². The van der Waals surface area contributed by atoms with Crippen LogP contribution in [-0.4, -0.2) is 39.2 Å². The first kappa shape index (κ1) is 37.2. The van der Waals surface area contributed by atoms with E-state index in [4.69, 9.17) is 0 Å². The molecule has 5 nitrogen and oxygen atoms in total. The first-order valence-electron chi connectivity index (χ1n) is 17.0. The monoisotopic (exact) mass is 726 g/mol. The van der Waals surface area contributed by atoms with Gasteiger partial charge in [-0.1, -0.05) is 122 Å². The molecule has 0 aliphatic rings. The van der Waals surface area contributed by atoms with Crippen molar-refractivity contribution in [2.75, 3.05) is 28.2 Å². The number of allylic oxidation sites excluding steroid dienone is 3. The maximum Gasteiger partial charge on any atom is 0.294 e. The summed E-state index contributed by atoms with van der Waals surface area (Å²) in [5.74, 6) is -0.419. The molecule has 0 aliphatic heterocycles. The van der Waals surface area contributed by atoms with Crippen molar-refractivity contribution in [1.29, 1.82) is 0 Å². The van der Waals surface area contributed by atoms with Crippen molar-refractivity contribution in [3.05, 3.63) is 138 Å². The van der Waals surface area contributed by atoms with Gasteiger partial charge in [0.25, 0.3) is 10.1 Å². The Labute approximate surface area is 297 Å². The van der Waals surface area contributed by atoms with E-state index in [9.17, 15) is 13.0 Å². The minimum atomic E-state index is -4.46. The minimum Gasteiger partial charge on any atom is -0.342 e. The van der Waals surface area contributed by atoms with E-state index in [0.29, 0.717) is 5.56 Å². The highest BCUT2D eigenvalue weighted by Crippen LogP contribution is 2.38. The lowest BCUT2D eigenvalue weighted by Gasteiger charge is -2.28. The topological polar surface area (TPSA) is 60.9 Å². The van der Waals surface area contributed by atoms with Crippen LogP contribution in [0, 0.1) is 0 Å². The second-order valence-electron chi connectivity index (χ2n) is 12.1. The highest BCUT2D eigenvalue weighted by atomic mass is 79.9. The molecular formula is C40H48BBrN2O3S. The molecule has 0 heterocycles. The maximum atomic E-state index is 12.6. The first-order valence-corrected chi connectivity index (χ1v) is 19.6. The van der Waals surface area contributed by atoms with E-state index in [-0.39, 0.29) is 4.90 Å². The fourth-order valence-corrected chi connectivity index (χ4v) is 6.93. The van der Waals surface area contributed by atoms with E-state index < -0.39 is 16.0 Å². The van der Waals surface area contributed by atoms with E-state index in [1.807, 2.05) is 6.07 Å². The lowest BCUT2D eigenvalue weighted by molar-refractivity contribution is 0.482. The molecule has 48 heavy (non-hydrogen) atoms. The smallest absolute Gasteiger partial charge is 0.294 e. The van der Waals surface area contributed by atoms with Gasteiger partial charge in [0.15, 0.2) is 0 Å². The van der Waals surface area contributed by atoms with Crippen molar-refractivity contribution in [1.82, 2.24) is 0 Å². The summed E-state index contributed by atoms with van der Waals surface area (Å²) in [4.78, 5) is 4.60. The van der Waals surface area contributed by atoms with Crippen LogP contribution in [0.1, 0.15) is 75.5 Å². The van der Waals surface area contributed by atoms with E-state index >= 15 is 0 Å². The van der Waals surface area contributed by atoms with Crippen LogP contribution in [-0.2, 0) is 10.1 Å². The van der Waals surface area contributed by atoms with Crippen LogP contribution in [0.15, 0.2) is 126 Å². The second kappa shape index (κ2) is 18.3. The zero-order valence-electron chi connectivity index (χ0n) is 28.6. The summed E-state index contributed by atoms with van der Waals surface area (Å²) in [7, 11) is -2.37. The summed E-state index contributed by atoms with van der Waals surface area (Å²) in [5.41, 5.74) is 8.09. The summed E-state index contributed by atoms with van der Waals surface area (Å²) in [6.07, 6.45) is 11.7. The fourth-order valence-electron chi connectivity index (χ4n) is 6.01. The SMILES string of the molecule is Bc1ccc(N(CCCC)c2ccc(C(c3ccc(N(CCCC)C(/C=C\CBr)=C/CC)cc3)c3ccccc3S(=O)(=O)O)cc2)cc1. The minimum absolute atomic E-state index is 0.0787. The van der Waals surface area contributed by atoms with Crippen molar-refractivity contribution in [2.45, 2.75) is 63.7 Å². The molecule has 0 aromatic heterocycles. The summed E-state index contributed by atoms with van der Waals surface area (Å²) in [6, 6.07) is 32.2. The molecular weight excluding hydrogens is 679 g/mol. The van der Waals surface area contributed by atoms with E-state index in [2.05, 4.69) is 145 Å². The molecule has 0 spiro atoms.